The van der Waals surface area contributed by atoms with Gasteiger partial charge in [-0.2, -0.15) is 0 Å². The van der Waals surface area contributed by atoms with E-state index in [0.717, 1.165) is 29.6 Å². The predicted molar refractivity (Wildman–Crippen MR) is 71.1 cm³/mol. The lowest BCUT2D eigenvalue weighted by atomic mass is 10.1. The van der Waals surface area contributed by atoms with Crippen molar-refractivity contribution < 1.29 is 5.11 Å². The highest BCUT2D eigenvalue weighted by Gasteiger charge is 2.06. The first-order valence-electron chi connectivity index (χ1n) is 6.06. The molecule has 0 fully saturated rings. The summed E-state index contributed by atoms with van der Waals surface area (Å²) in [6, 6.07) is 12.4. The minimum Gasteiger partial charge on any atom is -0.396 e. The first-order valence-corrected chi connectivity index (χ1v) is 6.06. The largest absolute Gasteiger partial charge is 0.396 e. The van der Waals surface area contributed by atoms with Gasteiger partial charge in [0.2, 0.25) is 0 Å². The molecule has 90 valence electrons. The lowest BCUT2D eigenvalue weighted by molar-refractivity contribution is 0.278. The highest BCUT2D eigenvalue weighted by atomic mass is 16.3. The minimum atomic E-state index is 0.207. The lowest BCUT2D eigenvalue weighted by Crippen LogP contribution is -2.20. The standard InChI is InChI=1S/C14H18N2O/c1-2-12(9-10-17)15-14-8-7-11-5-3-4-6-13(11)16-14/h3-8,12,17H,2,9-10H2,1H3,(H,15,16). The van der Waals surface area contributed by atoms with Gasteiger partial charge >= 0.3 is 0 Å². The SMILES string of the molecule is CCC(CCO)Nc1ccc2ccccc2n1. The summed E-state index contributed by atoms with van der Waals surface area (Å²) < 4.78 is 0. The summed E-state index contributed by atoms with van der Waals surface area (Å²) in [5.41, 5.74) is 0.997. The molecule has 0 aliphatic rings. The second-order valence-corrected chi connectivity index (χ2v) is 4.15. The van der Waals surface area contributed by atoms with Crippen LogP contribution in [-0.2, 0) is 0 Å². The van der Waals surface area contributed by atoms with Gasteiger partial charge in [0.05, 0.1) is 5.52 Å². The molecule has 0 aliphatic carbocycles. The molecule has 0 aliphatic heterocycles. The zero-order valence-corrected chi connectivity index (χ0v) is 10.1. The second-order valence-electron chi connectivity index (χ2n) is 4.15. The maximum Gasteiger partial charge on any atom is 0.126 e. The van der Waals surface area contributed by atoms with Crippen LogP contribution in [0.15, 0.2) is 36.4 Å². The molecule has 1 atom stereocenters. The Morgan fingerprint density at radius 2 is 2.06 bits per heavy atom. The maximum absolute atomic E-state index is 8.96. The molecule has 0 saturated heterocycles. The van der Waals surface area contributed by atoms with Crippen LogP contribution in [0.4, 0.5) is 5.82 Å². The molecule has 2 rings (SSSR count). The van der Waals surface area contributed by atoms with Crippen molar-refractivity contribution in [1.29, 1.82) is 0 Å². The fraction of sp³-hybridized carbons (Fsp3) is 0.357. The van der Waals surface area contributed by atoms with Gasteiger partial charge < -0.3 is 10.4 Å². The molecule has 0 amide bonds. The molecule has 17 heavy (non-hydrogen) atoms. The zero-order chi connectivity index (χ0) is 12.1. The van der Waals surface area contributed by atoms with Crippen LogP contribution in [0, 0.1) is 0 Å². The average Bonchev–Trinajstić information content (AvgIpc) is 2.38. The van der Waals surface area contributed by atoms with Gasteiger partial charge in [-0.25, -0.2) is 4.98 Å². The number of aromatic nitrogens is 1. The molecule has 0 bridgehead atoms. The van der Waals surface area contributed by atoms with Crippen LogP contribution in [0.1, 0.15) is 19.8 Å². The fourth-order valence-corrected chi connectivity index (χ4v) is 1.89. The number of rotatable bonds is 5. The fourth-order valence-electron chi connectivity index (χ4n) is 1.89. The smallest absolute Gasteiger partial charge is 0.126 e. The number of benzene rings is 1. The minimum absolute atomic E-state index is 0.207. The Bertz CT molecular complexity index is 484. The van der Waals surface area contributed by atoms with Crippen LogP contribution in [0.2, 0.25) is 0 Å². The summed E-state index contributed by atoms with van der Waals surface area (Å²) in [6.45, 7) is 2.31. The molecular formula is C14H18N2O. The van der Waals surface area contributed by atoms with E-state index < -0.39 is 0 Å². The number of pyridine rings is 1. The van der Waals surface area contributed by atoms with Gasteiger partial charge in [0.15, 0.2) is 0 Å². The molecule has 3 nitrogen and oxygen atoms in total. The van der Waals surface area contributed by atoms with Crippen molar-refractivity contribution in [2.45, 2.75) is 25.8 Å². The Morgan fingerprint density at radius 3 is 2.82 bits per heavy atom. The molecule has 2 N–H and O–H groups in total. The van der Waals surface area contributed by atoms with E-state index in [1.165, 1.54) is 0 Å². The molecule has 0 radical (unpaired) electrons. The molecule has 0 spiro atoms. The number of hydrogen-bond donors (Lipinski definition) is 2. The Hall–Kier alpha value is -1.61. The van der Waals surface area contributed by atoms with E-state index in [0.29, 0.717) is 0 Å². The quantitative estimate of drug-likeness (QED) is 0.830. The van der Waals surface area contributed by atoms with Gasteiger partial charge in [-0.1, -0.05) is 25.1 Å². The number of fused-ring (bicyclic) bond motifs is 1. The normalized spacial score (nSPS) is 12.6. The van der Waals surface area contributed by atoms with E-state index in [9.17, 15) is 0 Å². The Balaban J connectivity index is 2.18. The van der Waals surface area contributed by atoms with Crippen LogP contribution in [-0.4, -0.2) is 22.7 Å². The first-order chi connectivity index (χ1) is 8.33. The van der Waals surface area contributed by atoms with Crippen molar-refractivity contribution in [3.05, 3.63) is 36.4 Å². The summed E-state index contributed by atoms with van der Waals surface area (Å²) in [6.07, 6.45) is 1.74. The summed E-state index contributed by atoms with van der Waals surface area (Å²) in [5.74, 6) is 0.879. The molecule has 3 heteroatoms. The van der Waals surface area contributed by atoms with Crippen LogP contribution in [0.5, 0.6) is 0 Å². The van der Waals surface area contributed by atoms with Crippen molar-refractivity contribution in [2.24, 2.45) is 0 Å². The van der Waals surface area contributed by atoms with Crippen LogP contribution < -0.4 is 5.32 Å². The van der Waals surface area contributed by atoms with E-state index in [1.807, 2.05) is 24.3 Å². The second kappa shape index (κ2) is 5.64. The van der Waals surface area contributed by atoms with Crippen LogP contribution >= 0.6 is 0 Å². The summed E-state index contributed by atoms with van der Waals surface area (Å²) in [4.78, 5) is 4.55. The lowest BCUT2D eigenvalue weighted by Gasteiger charge is -2.16. The van der Waals surface area contributed by atoms with Crippen molar-refractivity contribution in [3.8, 4) is 0 Å². The van der Waals surface area contributed by atoms with E-state index in [-0.39, 0.29) is 12.6 Å². The molecule has 1 aromatic carbocycles. The molecular weight excluding hydrogens is 212 g/mol. The number of aliphatic hydroxyl groups excluding tert-OH is 1. The third kappa shape index (κ3) is 2.94. The number of nitrogens with zero attached hydrogens (tertiary/aromatic N) is 1. The van der Waals surface area contributed by atoms with Gasteiger partial charge in [-0.3, -0.25) is 0 Å². The number of aliphatic hydroxyl groups is 1. The van der Waals surface area contributed by atoms with Crippen LogP contribution in [0.3, 0.4) is 0 Å². The third-order valence-electron chi connectivity index (χ3n) is 2.92. The van der Waals surface area contributed by atoms with E-state index in [4.69, 9.17) is 5.11 Å². The Morgan fingerprint density at radius 1 is 1.24 bits per heavy atom. The third-order valence-corrected chi connectivity index (χ3v) is 2.92. The van der Waals surface area contributed by atoms with Gasteiger partial charge in [0, 0.05) is 18.0 Å². The van der Waals surface area contributed by atoms with Crippen molar-refractivity contribution >= 4 is 16.7 Å². The van der Waals surface area contributed by atoms with Gasteiger partial charge in [0.25, 0.3) is 0 Å². The van der Waals surface area contributed by atoms with E-state index in [1.54, 1.807) is 0 Å². The average molecular weight is 230 g/mol. The Kier molecular flexibility index (Phi) is 3.94. The number of nitrogens with one attached hydrogen (secondary N) is 1. The van der Waals surface area contributed by atoms with Crippen molar-refractivity contribution in [2.75, 3.05) is 11.9 Å². The molecule has 2 aromatic rings. The number of para-hydroxylation sites is 1. The zero-order valence-electron chi connectivity index (χ0n) is 10.1. The van der Waals surface area contributed by atoms with Gasteiger partial charge in [-0.15, -0.1) is 0 Å². The molecule has 0 saturated carbocycles. The molecule has 1 heterocycles. The Labute approximate surface area is 102 Å². The van der Waals surface area contributed by atoms with E-state index in [2.05, 4.69) is 29.4 Å². The first kappa shape index (κ1) is 11.9. The van der Waals surface area contributed by atoms with Gasteiger partial charge in [0.1, 0.15) is 5.82 Å². The van der Waals surface area contributed by atoms with Gasteiger partial charge in [-0.05, 0) is 31.0 Å². The van der Waals surface area contributed by atoms with Crippen LogP contribution in [0.25, 0.3) is 10.9 Å². The van der Waals surface area contributed by atoms with Crippen molar-refractivity contribution in [3.63, 3.8) is 0 Å². The van der Waals surface area contributed by atoms with Crippen molar-refractivity contribution in [1.82, 2.24) is 4.98 Å². The summed E-state index contributed by atoms with van der Waals surface area (Å²) in [7, 11) is 0. The maximum atomic E-state index is 8.96. The number of hydrogen-bond acceptors (Lipinski definition) is 3. The molecule has 1 aromatic heterocycles. The van der Waals surface area contributed by atoms with E-state index >= 15 is 0 Å². The highest BCUT2D eigenvalue weighted by Crippen LogP contribution is 2.16. The summed E-state index contributed by atoms with van der Waals surface area (Å²) >= 11 is 0. The summed E-state index contributed by atoms with van der Waals surface area (Å²) in [5, 5.41) is 13.5. The highest BCUT2D eigenvalue weighted by molar-refractivity contribution is 5.80. The monoisotopic (exact) mass is 230 g/mol. The topological polar surface area (TPSA) is 45.1 Å². The predicted octanol–water partition coefficient (Wildman–Crippen LogP) is 2.81. The molecule has 1 unspecified atom stereocenters. The number of anilines is 1.